The maximum Gasteiger partial charge on any atom is 0.271 e. The van der Waals surface area contributed by atoms with Crippen LogP contribution < -0.4 is 5.32 Å². The Hall–Kier alpha value is -1.20. The molecule has 1 fully saturated rings. The highest BCUT2D eigenvalue weighted by Crippen LogP contribution is 2.24. The number of nitrogens with one attached hydrogen (secondary N) is 1. The van der Waals surface area contributed by atoms with Crippen LogP contribution in [-0.4, -0.2) is 47.0 Å². The van der Waals surface area contributed by atoms with E-state index in [4.69, 9.17) is 11.6 Å². The zero-order valence-electron chi connectivity index (χ0n) is 9.69. The lowest BCUT2D eigenvalue weighted by atomic mass is 10.4. The molecule has 1 N–H and O–H groups in total. The number of nitrogens with zero attached hydrogens (tertiary/aromatic N) is 3. The molecule has 0 aliphatic heterocycles. The molecule has 1 amide bonds. The minimum Gasteiger partial charge on any atom is -0.349 e. The molecule has 1 heterocycles. The van der Waals surface area contributed by atoms with Crippen LogP contribution in [-0.2, 0) is 0 Å². The number of carbonyl (C=O) groups excluding carboxylic acids is 1. The van der Waals surface area contributed by atoms with Gasteiger partial charge in [-0.3, -0.25) is 9.78 Å². The first-order chi connectivity index (χ1) is 8.16. The minimum atomic E-state index is -0.232. The van der Waals surface area contributed by atoms with Gasteiger partial charge in [-0.2, -0.15) is 0 Å². The van der Waals surface area contributed by atoms with E-state index in [0.29, 0.717) is 12.6 Å². The van der Waals surface area contributed by atoms with E-state index >= 15 is 0 Å². The fourth-order valence-electron chi connectivity index (χ4n) is 1.59. The summed E-state index contributed by atoms with van der Waals surface area (Å²) in [5.41, 5.74) is 0.256. The third-order valence-electron chi connectivity index (χ3n) is 2.76. The number of likely N-dealkylation sites (N-methyl/N-ethyl adjacent to an activating group) is 1. The summed E-state index contributed by atoms with van der Waals surface area (Å²) in [7, 11) is 2.07. The molecule has 0 spiro atoms. The smallest absolute Gasteiger partial charge is 0.271 e. The Labute approximate surface area is 105 Å². The van der Waals surface area contributed by atoms with Crippen molar-refractivity contribution in [1.82, 2.24) is 20.2 Å². The van der Waals surface area contributed by atoms with E-state index < -0.39 is 0 Å². The van der Waals surface area contributed by atoms with Crippen LogP contribution in [0.5, 0.6) is 0 Å². The summed E-state index contributed by atoms with van der Waals surface area (Å²) in [6, 6.07) is 0.706. The van der Waals surface area contributed by atoms with E-state index in [0.717, 1.165) is 6.54 Å². The van der Waals surface area contributed by atoms with Crippen LogP contribution in [0.4, 0.5) is 0 Å². The Balaban J connectivity index is 1.76. The lowest BCUT2D eigenvalue weighted by molar-refractivity contribution is 0.0944. The second kappa shape index (κ2) is 5.42. The molecule has 0 aromatic carbocycles. The average molecular weight is 255 g/mol. The van der Waals surface area contributed by atoms with Crippen LogP contribution >= 0.6 is 11.6 Å². The predicted molar refractivity (Wildman–Crippen MR) is 65.0 cm³/mol. The number of amides is 1. The van der Waals surface area contributed by atoms with Crippen molar-refractivity contribution in [1.29, 1.82) is 0 Å². The number of carbonyl (C=O) groups is 1. The normalized spacial score (nSPS) is 15.0. The first kappa shape index (κ1) is 12.3. The topological polar surface area (TPSA) is 58.1 Å². The van der Waals surface area contributed by atoms with Crippen LogP contribution in [0.1, 0.15) is 23.3 Å². The fraction of sp³-hybridized carbons (Fsp3) is 0.545. The molecule has 1 aromatic heterocycles. The molecule has 1 aliphatic rings. The molecule has 0 radical (unpaired) electrons. The predicted octanol–water partition coefficient (Wildman–Crippen LogP) is 0.954. The summed E-state index contributed by atoms with van der Waals surface area (Å²) < 4.78 is 0. The van der Waals surface area contributed by atoms with Gasteiger partial charge in [0.05, 0.1) is 12.4 Å². The van der Waals surface area contributed by atoms with Crippen molar-refractivity contribution in [3.63, 3.8) is 0 Å². The van der Waals surface area contributed by atoms with Crippen LogP contribution in [0, 0.1) is 0 Å². The molecule has 1 saturated carbocycles. The van der Waals surface area contributed by atoms with Gasteiger partial charge >= 0.3 is 0 Å². The second-order valence-electron chi connectivity index (χ2n) is 4.19. The Bertz CT molecular complexity index is 408. The maximum atomic E-state index is 11.7. The van der Waals surface area contributed by atoms with Gasteiger partial charge in [-0.15, -0.1) is 0 Å². The molecule has 0 saturated heterocycles. The molecule has 0 atom stereocenters. The summed E-state index contributed by atoms with van der Waals surface area (Å²) in [6.45, 7) is 1.46. The van der Waals surface area contributed by atoms with E-state index in [1.807, 2.05) is 0 Å². The summed E-state index contributed by atoms with van der Waals surface area (Å²) in [5.74, 6) is -0.232. The van der Waals surface area contributed by atoms with Gasteiger partial charge in [0, 0.05) is 19.1 Å². The lowest BCUT2D eigenvalue weighted by Gasteiger charge is -2.15. The number of rotatable bonds is 5. The van der Waals surface area contributed by atoms with E-state index in [-0.39, 0.29) is 16.8 Å². The van der Waals surface area contributed by atoms with Crippen molar-refractivity contribution in [2.45, 2.75) is 18.9 Å². The second-order valence-corrected chi connectivity index (χ2v) is 4.58. The van der Waals surface area contributed by atoms with Crippen LogP contribution in [0.25, 0.3) is 0 Å². The molecule has 5 nitrogen and oxygen atoms in total. The molecular weight excluding hydrogens is 240 g/mol. The van der Waals surface area contributed by atoms with Crippen molar-refractivity contribution in [2.24, 2.45) is 0 Å². The molecule has 0 unspecified atom stereocenters. The van der Waals surface area contributed by atoms with Gasteiger partial charge in [0.1, 0.15) is 10.8 Å². The summed E-state index contributed by atoms with van der Waals surface area (Å²) in [5, 5.41) is 3.03. The Kier molecular flexibility index (Phi) is 3.91. The minimum absolute atomic E-state index is 0.229. The molecule has 1 aromatic rings. The molecular formula is C11H15ClN4O. The van der Waals surface area contributed by atoms with Crippen molar-refractivity contribution >= 4 is 17.5 Å². The highest BCUT2D eigenvalue weighted by molar-refractivity contribution is 6.29. The highest BCUT2D eigenvalue weighted by atomic mass is 35.5. The van der Waals surface area contributed by atoms with Gasteiger partial charge in [-0.05, 0) is 19.9 Å². The summed E-state index contributed by atoms with van der Waals surface area (Å²) in [6.07, 6.45) is 5.35. The third kappa shape index (κ3) is 3.64. The first-order valence-electron chi connectivity index (χ1n) is 5.63. The SMILES string of the molecule is CN(CCNC(=O)c1cncc(Cl)n1)C1CC1. The quantitative estimate of drug-likeness (QED) is 0.850. The van der Waals surface area contributed by atoms with E-state index in [9.17, 15) is 4.79 Å². The maximum absolute atomic E-state index is 11.7. The molecule has 92 valence electrons. The van der Waals surface area contributed by atoms with Gasteiger partial charge in [0.25, 0.3) is 5.91 Å². The van der Waals surface area contributed by atoms with Gasteiger partial charge < -0.3 is 10.2 Å². The zero-order valence-corrected chi connectivity index (χ0v) is 10.4. The van der Waals surface area contributed by atoms with Crippen LogP contribution in [0.2, 0.25) is 5.15 Å². The Morgan fingerprint density at radius 3 is 3.00 bits per heavy atom. The van der Waals surface area contributed by atoms with Crippen molar-refractivity contribution < 1.29 is 4.79 Å². The van der Waals surface area contributed by atoms with E-state index in [1.54, 1.807) is 0 Å². The number of halogens is 1. The zero-order chi connectivity index (χ0) is 12.3. The first-order valence-corrected chi connectivity index (χ1v) is 6.00. The van der Waals surface area contributed by atoms with Gasteiger partial charge in [-0.1, -0.05) is 11.6 Å². The fourth-order valence-corrected chi connectivity index (χ4v) is 1.73. The number of hydrogen-bond donors (Lipinski definition) is 1. The molecule has 1 aliphatic carbocycles. The average Bonchev–Trinajstić information content (AvgIpc) is 3.12. The highest BCUT2D eigenvalue weighted by Gasteiger charge is 2.25. The van der Waals surface area contributed by atoms with Crippen LogP contribution in [0.15, 0.2) is 12.4 Å². The van der Waals surface area contributed by atoms with Crippen molar-refractivity contribution in [2.75, 3.05) is 20.1 Å². The van der Waals surface area contributed by atoms with Gasteiger partial charge in [-0.25, -0.2) is 4.98 Å². The molecule has 6 heteroatoms. The van der Waals surface area contributed by atoms with Crippen molar-refractivity contribution in [3.05, 3.63) is 23.2 Å². The molecule has 17 heavy (non-hydrogen) atoms. The largest absolute Gasteiger partial charge is 0.349 e. The monoisotopic (exact) mass is 254 g/mol. The van der Waals surface area contributed by atoms with E-state index in [2.05, 4.69) is 27.2 Å². The van der Waals surface area contributed by atoms with Gasteiger partial charge in [0.15, 0.2) is 0 Å². The van der Waals surface area contributed by atoms with E-state index in [1.165, 1.54) is 25.2 Å². The van der Waals surface area contributed by atoms with Crippen LogP contribution in [0.3, 0.4) is 0 Å². The third-order valence-corrected chi connectivity index (χ3v) is 2.94. The summed E-state index contributed by atoms with van der Waals surface area (Å²) in [4.78, 5) is 21.6. The standard InChI is InChI=1S/C11H15ClN4O/c1-16(8-2-3-8)5-4-14-11(17)9-6-13-7-10(12)15-9/h6-8H,2-5H2,1H3,(H,14,17). The Morgan fingerprint density at radius 1 is 1.59 bits per heavy atom. The number of aromatic nitrogens is 2. The van der Waals surface area contributed by atoms with Crippen molar-refractivity contribution in [3.8, 4) is 0 Å². The summed E-state index contributed by atoms with van der Waals surface area (Å²) >= 11 is 5.66. The molecule has 0 bridgehead atoms. The lowest BCUT2D eigenvalue weighted by Crippen LogP contribution is -2.34. The van der Waals surface area contributed by atoms with Gasteiger partial charge in [0.2, 0.25) is 0 Å². The Morgan fingerprint density at radius 2 is 2.35 bits per heavy atom. The molecule has 2 rings (SSSR count). The number of hydrogen-bond acceptors (Lipinski definition) is 4.